The number of amides is 2. The molecule has 33 heavy (non-hydrogen) atoms. The highest BCUT2D eigenvalue weighted by atomic mass is 16.5. The van der Waals surface area contributed by atoms with Crippen LogP contribution in [0, 0.1) is 6.92 Å². The van der Waals surface area contributed by atoms with Gasteiger partial charge in [0.25, 0.3) is 11.8 Å². The van der Waals surface area contributed by atoms with Crippen molar-refractivity contribution in [3.63, 3.8) is 0 Å². The third-order valence-corrected chi connectivity index (χ3v) is 4.45. The summed E-state index contributed by atoms with van der Waals surface area (Å²) in [5.41, 5.74) is 5.15. The maximum Gasteiger partial charge on any atom is 0.271 e. The van der Waals surface area contributed by atoms with Crippen LogP contribution in [0.25, 0.3) is 0 Å². The van der Waals surface area contributed by atoms with E-state index in [1.54, 1.807) is 30.3 Å². The van der Waals surface area contributed by atoms with Crippen LogP contribution in [-0.4, -0.2) is 36.3 Å². The summed E-state index contributed by atoms with van der Waals surface area (Å²) in [6.45, 7) is 4.04. The molecular weight excluding hydrogens is 422 g/mol. The molecular formula is C25H25N3O5. The maximum absolute atomic E-state index is 12.2. The van der Waals surface area contributed by atoms with E-state index < -0.39 is 5.91 Å². The Hall–Kier alpha value is -4.33. The Labute approximate surface area is 191 Å². The van der Waals surface area contributed by atoms with E-state index in [9.17, 15) is 14.7 Å². The molecule has 8 nitrogen and oxygen atoms in total. The fourth-order valence-corrected chi connectivity index (χ4v) is 2.85. The third kappa shape index (κ3) is 7.10. The molecule has 0 aromatic heterocycles. The van der Waals surface area contributed by atoms with Gasteiger partial charge in [-0.25, -0.2) is 5.43 Å². The molecule has 8 heteroatoms. The summed E-state index contributed by atoms with van der Waals surface area (Å²) in [5.74, 6) is 0.116. The van der Waals surface area contributed by atoms with E-state index >= 15 is 0 Å². The Kier molecular flexibility index (Phi) is 8.02. The Bertz CT molecular complexity index is 1140. The lowest BCUT2D eigenvalue weighted by atomic mass is 10.2. The van der Waals surface area contributed by atoms with Gasteiger partial charge in [0.05, 0.1) is 12.8 Å². The lowest BCUT2D eigenvalue weighted by Crippen LogP contribution is -2.20. The zero-order chi connectivity index (χ0) is 23.6. The van der Waals surface area contributed by atoms with E-state index in [4.69, 9.17) is 9.47 Å². The minimum absolute atomic E-state index is 0.00359. The smallest absolute Gasteiger partial charge is 0.271 e. The normalized spacial score (nSPS) is 10.6. The summed E-state index contributed by atoms with van der Waals surface area (Å²) in [6, 6.07) is 18.5. The van der Waals surface area contributed by atoms with Gasteiger partial charge in [0, 0.05) is 11.3 Å². The molecule has 0 aliphatic carbocycles. The van der Waals surface area contributed by atoms with E-state index in [0.29, 0.717) is 29.4 Å². The van der Waals surface area contributed by atoms with Crippen molar-refractivity contribution < 1.29 is 24.2 Å². The first kappa shape index (κ1) is 23.3. The van der Waals surface area contributed by atoms with Crippen molar-refractivity contribution in [3.05, 3.63) is 83.4 Å². The second kappa shape index (κ2) is 11.3. The number of rotatable bonds is 9. The number of hydrazone groups is 1. The second-order valence-electron chi connectivity index (χ2n) is 7.09. The average Bonchev–Trinajstić information content (AvgIpc) is 2.80. The number of benzene rings is 3. The molecule has 0 saturated heterocycles. The topological polar surface area (TPSA) is 109 Å². The number of carbonyl (C=O) groups is 2. The largest absolute Gasteiger partial charge is 0.508 e. The van der Waals surface area contributed by atoms with Crippen molar-refractivity contribution >= 4 is 23.7 Å². The molecule has 3 rings (SSSR count). The van der Waals surface area contributed by atoms with E-state index in [0.717, 1.165) is 5.56 Å². The van der Waals surface area contributed by atoms with Crippen molar-refractivity contribution in [1.29, 1.82) is 0 Å². The first-order valence-electron chi connectivity index (χ1n) is 10.3. The highest BCUT2D eigenvalue weighted by Crippen LogP contribution is 2.28. The molecule has 0 spiro atoms. The molecule has 0 radical (unpaired) electrons. The van der Waals surface area contributed by atoms with Crippen LogP contribution in [0.5, 0.6) is 17.2 Å². The third-order valence-electron chi connectivity index (χ3n) is 4.45. The fourth-order valence-electron chi connectivity index (χ4n) is 2.85. The molecule has 0 aliphatic rings. The van der Waals surface area contributed by atoms with Gasteiger partial charge >= 0.3 is 0 Å². The molecule has 3 aromatic rings. The van der Waals surface area contributed by atoms with Gasteiger partial charge in [0.2, 0.25) is 0 Å². The average molecular weight is 447 g/mol. The molecule has 0 bridgehead atoms. The molecule has 0 unspecified atom stereocenters. The molecule has 0 fully saturated rings. The van der Waals surface area contributed by atoms with E-state index in [1.165, 1.54) is 18.3 Å². The van der Waals surface area contributed by atoms with E-state index in [2.05, 4.69) is 15.8 Å². The first-order chi connectivity index (χ1) is 15.9. The van der Waals surface area contributed by atoms with Gasteiger partial charge in [0.1, 0.15) is 5.75 Å². The van der Waals surface area contributed by atoms with Crippen LogP contribution in [-0.2, 0) is 4.79 Å². The van der Waals surface area contributed by atoms with Crippen molar-refractivity contribution in [3.8, 4) is 17.2 Å². The van der Waals surface area contributed by atoms with Crippen molar-refractivity contribution in [2.24, 2.45) is 5.10 Å². The number of anilines is 1. The second-order valence-corrected chi connectivity index (χ2v) is 7.09. The van der Waals surface area contributed by atoms with Crippen LogP contribution in [0.1, 0.15) is 28.4 Å². The summed E-state index contributed by atoms with van der Waals surface area (Å²) in [7, 11) is 0. The summed E-state index contributed by atoms with van der Waals surface area (Å²) in [5, 5.41) is 16.2. The van der Waals surface area contributed by atoms with Crippen molar-refractivity contribution in [2.75, 3.05) is 18.5 Å². The number of hydrogen-bond donors (Lipinski definition) is 3. The highest BCUT2D eigenvalue weighted by molar-refractivity contribution is 5.95. The summed E-state index contributed by atoms with van der Waals surface area (Å²) in [4.78, 5) is 24.3. The van der Waals surface area contributed by atoms with Crippen molar-refractivity contribution in [1.82, 2.24) is 5.43 Å². The van der Waals surface area contributed by atoms with Crippen LogP contribution >= 0.6 is 0 Å². The molecule has 2 amide bonds. The summed E-state index contributed by atoms with van der Waals surface area (Å²) in [6.07, 6.45) is 1.46. The Morgan fingerprint density at radius 1 is 1.00 bits per heavy atom. The molecule has 3 N–H and O–H groups in total. The number of aryl methyl sites for hydroxylation is 1. The van der Waals surface area contributed by atoms with Gasteiger partial charge in [-0.05, 0) is 67.9 Å². The molecule has 0 heterocycles. The standard InChI is InChI=1S/C25H25N3O5/c1-3-32-23-13-18(15-26-28-25(31)19-5-4-6-21(29)14-19)9-12-22(23)33-16-24(30)27-20-10-7-17(2)8-11-20/h4-15,29H,3,16H2,1-2H3,(H,27,30)(H,28,31)/b26-15+. The molecule has 0 aliphatic heterocycles. The Morgan fingerprint density at radius 3 is 2.52 bits per heavy atom. The van der Waals surface area contributed by atoms with E-state index in [-0.39, 0.29) is 23.8 Å². The Morgan fingerprint density at radius 2 is 1.79 bits per heavy atom. The maximum atomic E-state index is 12.2. The monoisotopic (exact) mass is 447 g/mol. The number of phenols is 1. The summed E-state index contributed by atoms with van der Waals surface area (Å²) >= 11 is 0. The predicted octanol–water partition coefficient (Wildman–Crippen LogP) is 3.88. The minimum atomic E-state index is -0.452. The van der Waals surface area contributed by atoms with Crippen LogP contribution in [0.4, 0.5) is 5.69 Å². The fraction of sp³-hybridized carbons (Fsp3) is 0.160. The first-order valence-corrected chi connectivity index (χ1v) is 10.3. The number of ether oxygens (including phenoxy) is 2. The molecule has 3 aromatic carbocycles. The SMILES string of the molecule is CCOc1cc(/C=N/NC(=O)c2cccc(O)c2)ccc1OCC(=O)Nc1ccc(C)cc1. The van der Waals surface area contributed by atoms with Crippen LogP contribution in [0.3, 0.4) is 0 Å². The number of hydrogen-bond acceptors (Lipinski definition) is 6. The quantitative estimate of drug-likeness (QED) is 0.341. The zero-order valence-corrected chi connectivity index (χ0v) is 18.4. The minimum Gasteiger partial charge on any atom is -0.508 e. The lowest BCUT2D eigenvalue weighted by molar-refractivity contribution is -0.118. The molecule has 170 valence electrons. The van der Waals surface area contributed by atoms with Gasteiger partial charge in [-0.1, -0.05) is 23.8 Å². The lowest BCUT2D eigenvalue weighted by Gasteiger charge is -2.12. The molecule has 0 atom stereocenters. The number of phenolic OH excluding ortho intramolecular Hbond substituents is 1. The Balaban J connectivity index is 1.59. The van der Waals surface area contributed by atoms with Gasteiger partial charge in [-0.3, -0.25) is 9.59 Å². The van der Waals surface area contributed by atoms with Gasteiger partial charge < -0.3 is 19.9 Å². The number of nitrogens with one attached hydrogen (secondary N) is 2. The van der Waals surface area contributed by atoms with Gasteiger partial charge in [0.15, 0.2) is 18.1 Å². The van der Waals surface area contributed by atoms with Crippen LogP contribution in [0.15, 0.2) is 71.8 Å². The van der Waals surface area contributed by atoms with Gasteiger partial charge in [-0.15, -0.1) is 0 Å². The van der Waals surface area contributed by atoms with E-state index in [1.807, 2.05) is 38.1 Å². The number of nitrogens with zero attached hydrogens (tertiary/aromatic N) is 1. The van der Waals surface area contributed by atoms with Crippen molar-refractivity contribution in [2.45, 2.75) is 13.8 Å². The molecule has 0 saturated carbocycles. The predicted molar refractivity (Wildman–Crippen MR) is 126 cm³/mol. The summed E-state index contributed by atoms with van der Waals surface area (Å²) < 4.78 is 11.3. The number of carbonyl (C=O) groups excluding carboxylic acids is 2. The van der Waals surface area contributed by atoms with Gasteiger partial charge in [-0.2, -0.15) is 5.10 Å². The van der Waals surface area contributed by atoms with Crippen LogP contribution < -0.4 is 20.2 Å². The zero-order valence-electron chi connectivity index (χ0n) is 18.4. The van der Waals surface area contributed by atoms with Crippen LogP contribution in [0.2, 0.25) is 0 Å². The number of aromatic hydroxyl groups is 1. The highest BCUT2D eigenvalue weighted by Gasteiger charge is 2.10.